The van der Waals surface area contributed by atoms with E-state index in [4.69, 9.17) is 0 Å². The van der Waals surface area contributed by atoms with Crippen LogP contribution in [0.25, 0.3) is 0 Å². The Morgan fingerprint density at radius 1 is 1.22 bits per heavy atom. The summed E-state index contributed by atoms with van der Waals surface area (Å²) in [5, 5.41) is 3.51. The van der Waals surface area contributed by atoms with E-state index >= 15 is 0 Å². The molecule has 0 bridgehead atoms. The third-order valence-electron chi connectivity index (χ3n) is 4.11. The molecule has 0 radical (unpaired) electrons. The molecule has 1 atom stereocenters. The zero-order chi connectivity index (χ0) is 13.1. The lowest BCUT2D eigenvalue weighted by Crippen LogP contribution is -2.49. The topological polar surface area (TPSA) is 15.3 Å². The number of hydrogen-bond donors (Lipinski definition) is 1. The second-order valence-corrected chi connectivity index (χ2v) is 5.75. The Morgan fingerprint density at radius 2 is 1.89 bits per heavy atom. The van der Waals surface area contributed by atoms with Crippen LogP contribution in [-0.4, -0.2) is 19.6 Å². The maximum atomic E-state index is 3.51. The molecule has 100 valence electrons. The van der Waals surface area contributed by atoms with E-state index in [1.165, 1.54) is 24.3 Å². The van der Waals surface area contributed by atoms with Crippen molar-refractivity contribution in [3.8, 4) is 0 Å². The quantitative estimate of drug-likeness (QED) is 0.856. The SMILES string of the molecule is CCNC(C)c1ccccc1N1CC(C(C)C)C1. The number of nitrogens with zero attached hydrogens (tertiary/aromatic N) is 1. The lowest BCUT2D eigenvalue weighted by atomic mass is 9.87. The molecule has 1 N–H and O–H groups in total. The summed E-state index contributed by atoms with van der Waals surface area (Å²) in [4.78, 5) is 2.52. The van der Waals surface area contributed by atoms with Crippen molar-refractivity contribution in [1.29, 1.82) is 0 Å². The normalized spacial score (nSPS) is 17.9. The first-order valence-corrected chi connectivity index (χ1v) is 7.20. The summed E-state index contributed by atoms with van der Waals surface area (Å²) >= 11 is 0. The van der Waals surface area contributed by atoms with E-state index in [-0.39, 0.29) is 0 Å². The second kappa shape index (κ2) is 5.75. The molecule has 1 aromatic carbocycles. The minimum atomic E-state index is 0.435. The minimum absolute atomic E-state index is 0.435. The monoisotopic (exact) mass is 246 g/mol. The van der Waals surface area contributed by atoms with Gasteiger partial charge in [-0.05, 0) is 36.9 Å². The number of hydrogen-bond acceptors (Lipinski definition) is 2. The van der Waals surface area contributed by atoms with E-state index < -0.39 is 0 Å². The highest BCUT2D eigenvalue weighted by atomic mass is 15.2. The van der Waals surface area contributed by atoms with Crippen molar-refractivity contribution in [2.45, 2.75) is 33.7 Å². The summed E-state index contributed by atoms with van der Waals surface area (Å²) in [7, 11) is 0. The fraction of sp³-hybridized carbons (Fsp3) is 0.625. The second-order valence-electron chi connectivity index (χ2n) is 5.75. The van der Waals surface area contributed by atoms with Gasteiger partial charge in [0.05, 0.1) is 0 Å². The van der Waals surface area contributed by atoms with Crippen molar-refractivity contribution in [2.75, 3.05) is 24.5 Å². The molecule has 2 heteroatoms. The Kier molecular flexibility index (Phi) is 4.28. The predicted octanol–water partition coefficient (Wildman–Crippen LogP) is 3.45. The van der Waals surface area contributed by atoms with E-state index in [0.29, 0.717) is 6.04 Å². The van der Waals surface area contributed by atoms with E-state index in [1.54, 1.807) is 0 Å². The molecule has 0 spiro atoms. The number of nitrogens with one attached hydrogen (secondary N) is 1. The van der Waals surface area contributed by atoms with Crippen molar-refractivity contribution in [3.63, 3.8) is 0 Å². The summed E-state index contributed by atoms with van der Waals surface area (Å²) in [5.41, 5.74) is 2.85. The molecule has 2 nitrogen and oxygen atoms in total. The van der Waals surface area contributed by atoms with Crippen LogP contribution in [0.1, 0.15) is 39.3 Å². The third kappa shape index (κ3) is 2.69. The molecule has 0 aromatic heterocycles. The van der Waals surface area contributed by atoms with Gasteiger partial charge in [-0.2, -0.15) is 0 Å². The van der Waals surface area contributed by atoms with Crippen LogP contribution < -0.4 is 10.2 Å². The Balaban J connectivity index is 2.09. The van der Waals surface area contributed by atoms with Crippen molar-refractivity contribution in [3.05, 3.63) is 29.8 Å². The van der Waals surface area contributed by atoms with Crippen LogP contribution >= 0.6 is 0 Å². The molecule has 1 saturated heterocycles. The van der Waals surface area contributed by atoms with E-state index in [1.807, 2.05) is 0 Å². The molecular formula is C16H26N2. The Morgan fingerprint density at radius 3 is 2.50 bits per heavy atom. The van der Waals surface area contributed by atoms with Gasteiger partial charge in [0.25, 0.3) is 0 Å². The standard InChI is InChI=1S/C16H26N2/c1-5-17-13(4)15-8-6-7-9-16(15)18-10-14(11-18)12(2)3/h6-9,12-14,17H,5,10-11H2,1-4H3. The zero-order valence-corrected chi connectivity index (χ0v) is 12.1. The summed E-state index contributed by atoms with van der Waals surface area (Å²) in [6.45, 7) is 12.5. The average Bonchev–Trinajstić information content (AvgIpc) is 2.27. The molecule has 1 aliphatic rings. The van der Waals surface area contributed by atoms with Gasteiger partial charge in [-0.1, -0.05) is 39.0 Å². The van der Waals surface area contributed by atoms with Gasteiger partial charge in [-0.25, -0.2) is 0 Å². The highest BCUT2D eigenvalue weighted by Crippen LogP contribution is 2.33. The maximum Gasteiger partial charge on any atom is 0.0414 e. The molecule has 1 aromatic rings. The predicted molar refractivity (Wildman–Crippen MR) is 79.1 cm³/mol. The van der Waals surface area contributed by atoms with E-state index in [9.17, 15) is 0 Å². The molecule has 1 fully saturated rings. The van der Waals surface area contributed by atoms with Crippen molar-refractivity contribution in [1.82, 2.24) is 5.32 Å². The first-order valence-electron chi connectivity index (χ1n) is 7.20. The van der Waals surface area contributed by atoms with Crippen molar-refractivity contribution < 1.29 is 0 Å². The van der Waals surface area contributed by atoms with Gasteiger partial charge in [0.2, 0.25) is 0 Å². The lowest BCUT2D eigenvalue weighted by molar-refractivity contribution is 0.309. The molecular weight excluding hydrogens is 220 g/mol. The summed E-state index contributed by atoms with van der Waals surface area (Å²) in [5.74, 6) is 1.67. The fourth-order valence-corrected chi connectivity index (χ4v) is 2.69. The van der Waals surface area contributed by atoms with E-state index in [2.05, 4.69) is 62.2 Å². The third-order valence-corrected chi connectivity index (χ3v) is 4.11. The van der Waals surface area contributed by atoms with Crippen LogP contribution in [-0.2, 0) is 0 Å². The number of rotatable bonds is 5. The molecule has 1 heterocycles. The molecule has 18 heavy (non-hydrogen) atoms. The number of benzene rings is 1. The molecule has 2 rings (SSSR count). The summed E-state index contributed by atoms with van der Waals surface area (Å²) in [6.07, 6.45) is 0. The van der Waals surface area contributed by atoms with Gasteiger partial charge in [0.15, 0.2) is 0 Å². The minimum Gasteiger partial charge on any atom is -0.371 e. The smallest absolute Gasteiger partial charge is 0.0414 e. The van der Waals surface area contributed by atoms with Gasteiger partial charge in [0.1, 0.15) is 0 Å². The fourth-order valence-electron chi connectivity index (χ4n) is 2.69. The van der Waals surface area contributed by atoms with Crippen LogP contribution in [0.5, 0.6) is 0 Å². The molecule has 1 unspecified atom stereocenters. The van der Waals surface area contributed by atoms with Gasteiger partial charge in [-0.15, -0.1) is 0 Å². The highest BCUT2D eigenvalue weighted by Gasteiger charge is 2.30. The van der Waals surface area contributed by atoms with Crippen molar-refractivity contribution in [2.24, 2.45) is 11.8 Å². The Labute approximate surface area is 111 Å². The van der Waals surface area contributed by atoms with Gasteiger partial charge >= 0.3 is 0 Å². The highest BCUT2D eigenvalue weighted by molar-refractivity contribution is 5.56. The summed E-state index contributed by atoms with van der Waals surface area (Å²) in [6, 6.07) is 9.25. The Hall–Kier alpha value is -1.02. The van der Waals surface area contributed by atoms with Gasteiger partial charge < -0.3 is 10.2 Å². The molecule has 1 aliphatic heterocycles. The first-order chi connectivity index (χ1) is 8.63. The summed E-state index contributed by atoms with van der Waals surface area (Å²) < 4.78 is 0. The molecule has 0 amide bonds. The first kappa shape index (κ1) is 13.4. The number of anilines is 1. The van der Waals surface area contributed by atoms with Crippen LogP contribution in [0, 0.1) is 11.8 Å². The van der Waals surface area contributed by atoms with Crippen LogP contribution in [0.15, 0.2) is 24.3 Å². The number of para-hydroxylation sites is 1. The van der Waals surface area contributed by atoms with Crippen LogP contribution in [0.3, 0.4) is 0 Å². The van der Waals surface area contributed by atoms with Gasteiger partial charge in [0, 0.05) is 24.8 Å². The largest absolute Gasteiger partial charge is 0.371 e. The Bertz CT molecular complexity index is 380. The van der Waals surface area contributed by atoms with Crippen molar-refractivity contribution >= 4 is 5.69 Å². The molecule has 0 aliphatic carbocycles. The van der Waals surface area contributed by atoms with E-state index in [0.717, 1.165) is 18.4 Å². The maximum absolute atomic E-state index is 3.51. The molecule has 0 saturated carbocycles. The van der Waals surface area contributed by atoms with Crippen LogP contribution in [0.4, 0.5) is 5.69 Å². The zero-order valence-electron chi connectivity index (χ0n) is 12.1. The van der Waals surface area contributed by atoms with Crippen LogP contribution in [0.2, 0.25) is 0 Å². The average molecular weight is 246 g/mol. The lowest BCUT2D eigenvalue weighted by Gasteiger charge is -2.44. The van der Waals surface area contributed by atoms with Gasteiger partial charge in [-0.3, -0.25) is 0 Å².